The van der Waals surface area contributed by atoms with Crippen LogP contribution in [-0.2, 0) is 36.8 Å². The number of rotatable bonds is 16. The molecule has 0 saturated carbocycles. The molecule has 3 N–H and O–H groups in total. The standard InChI is InChI=1S/C40H54N4O6/c1-27(45)42-37(40(5,6)7)34(46)23-31(22-28-14-10-9-11-15-28)35(47)26-44(43-38(49)32(39(2,3)4)24-36(48)50-8)25-29-17-19-30(20-18-29)33-16-12-13-21-41-33/h9-21,31-32,35,37,47H,22-26H2,1-8H3,(H,42,45)(H,43,49)/t31-,32-,35+,37-/m1/s1/i5D3,6D3,25D2. The van der Waals surface area contributed by atoms with E-state index in [2.05, 4.69) is 15.7 Å². The molecule has 3 rings (SSSR count). The van der Waals surface area contributed by atoms with Gasteiger partial charge in [0.25, 0.3) is 0 Å². The molecule has 4 atom stereocenters. The lowest BCUT2D eigenvalue weighted by Gasteiger charge is -2.35. The number of hydrogen-bond donors (Lipinski definition) is 3. The van der Waals surface area contributed by atoms with Gasteiger partial charge in [0, 0.05) is 46.4 Å². The number of aromatic nitrogens is 1. The number of carbonyl (C=O) groups is 4. The number of hydrogen-bond acceptors (Lipinski definition) is 8. The number of methoxy groups -OCH3 is 1. The monoisotopic (exact) mass is 694 g/mol. The Kier molecular flexibility index (Phi) is 10.6. The Labute approximate surface area is 308 Å². The third-order valence-corrected chi connectivity index (χ3v) is 8.28. The van der Waals surface area contributed by atoms with Gasteiger partial charge in [-0.2, -0.15) is 0 Å². The van der Waals surface area contributed by atoms with E-state index >= 15 is 0 Å². The summed E-state index contributed by atoms with van der Waals surface area (Å²) in [6.45, 7) is -2.63. The molecule has 1 aromatic heterocycles. The van der Waals surface area contributed by atoms with Crippen LogP contribution < -0.4 is 10.7 Å². The van der Waals surface area contributed by atoms with Crippen LogP contribution in [0.4, 0.5) is 0 Å². The number of amides is 2. The van der Waals surface area contributed by atoms with E-state index in [1.54, 1.807) is 87.6 Å². The maximum atomic E-state index is 14.3. The number of hydrazine groups is 1. The van der Waals surface area contributed by atoms with Crippen LogP contribution in [0.3, 0.4) is 0 Å². The van der Waals surface area contributed by atoms with E-state index in [1.807, 2.05) is 0 Å². The smallest absolute Gasteiger partial charge is 0.306 e. The van der Waals surface area contributed by atoms with Gasteiger partial charge in [-0.1, -0.05) is 102 Å². The summed E-state index contributed by atoms with van der Waals surface area (Å²) in [7, 11) is 1.18. The molecule has 2 aromatic carbocycles. The number of esters is 1. The molecule has 0 spiro atoms. The van der Waals surface area contributed by atoms with Gasteiger partial charge in [0.1, 0.15) is 0 Å². The number of aliphatic hydroxyl groups excluding tert-OH is 1. The minimum Gasteiger partial charge on any atom is -0.469 e. The summed E-state index contributed by atoms with van der Waals surface area (Å²) in [6, 6.07) is 18.2. The molecule has 0 saturated heterocycles. The van der Waals surface area contributed by atoms with E-state index in [0.717, 1.165) is 18.9 Å². The first kappa shape index (κ1) is 29.3. The summed E-state index contributed by atoms with van der Waals surface area (Å²) in [5.74, 6) is -5.44. The Hall–Kier alpha value is -4.41. The highest BCUT2D eigenvalue weighted by Crippen LogP contribution is 2.30. The summed E-state index contributed by atoms with van der Waals surface area (Å²) in [4.78, 5) is 57.4. The van der Waals surface area contributed by atoms with E-state index in [4.69, 9.17) is 13.0 Å². The van der Waals surface area contributed by atoms with Gasteiger partial charge in [0.15, 0.2) is 5.78 Å². The number of ether oxygens (including phenoxy) is 1. The predicted molar refractivity (Wildman–Crippen MR) is 194 cm³/mol. The lowest BCUT2D eigenvalue weighted by Crippen LogP contribution is -2.52. The van der Waals surface area contributed by atoms with E-state index < -0.39 is 91.5 Å². The molecule has 0 bridgehead atoms. The first-order valence-corrected chi connectivity index (χ1v) is 16.4. The average molecular weight is 695 g/mol. The molecule has 0 fully saturated rings. The zero-order valence-electron chi connectivity index (χ0n) is 37.5. The fraction of sp³-hybridized carbons (Fsp3) is 0.475. The van der Waals surface area contributed by atoms with Crippen molar-refractivity contribution in [3.63, 3.8) is 0 Å². The lowest BCUT2D eigenvalue weighted by atomic mass is 9.78. The number of benzene rings is 2. The molecule has 0 aliphatic carbocycles. The fourth-order valence-corrected chi connectivity index (χ4v) is 5.50. The number of aliphatic hydroxyl groups is 1. The van der Waals surface area contributed by atoms with E-state index in [9.17, 15) is 27.0 Å². The van der Waals surface area contributed by atoms with Crippen molar-refractivity contribution in [3.05, 3.63) is 90.1 Å². The topological polar surface area (TPSA) is 138 Å². The van der Waals surface area contributed by atoms with Crippen LogP contribution in [0.15, 0.2) is 79.0 Å². The molecule has 0 unspecified atom stereocenters. The van der Waals surface area contributed by atoms with Gasteiger partial charge in [-0.3, -0.25) is 29.6 Å². The molecule has 10 nitrogen and oxygen atoms in total. The van der Waals surface area contributed by atoms with Crippen LogP contribution in [0.2, 0.25) is 0 Å². The number of nitrogens with zero attached hydrogens (tertiary/aromatic N) is 2. The Balaban J connectivity index is 2.14. The van der Waals surface area contributed by atoms with Crippen molar-refractivity contribution in [3.8, 4) is 11.3 Å². The van der Waals surface area contributed by atoms with Crippen LogP contribution in [0.1, 0.15) is 83.3 Å². The van der Waals surface area contributed by atoms with Crippen molar-refractivity contribution in [1.29, 1.82) is 0 Å². The number of ketones is 1. The molecular weight excluding hydrogens is 632 g/mol. The van der Waals surface area contributed by atoms with E-state index in [0.29, 0.717) is 16.8 Å². The molecule has 0 aliphatic heterocycles. The van der Waals surface area contributed by atoms with Crippen molar-refractivity contribution < 1.29 is 40.0 Å². The minimum atomic E-state index is -3.26. The van der Waals surface area contributed by atoms with Gasteiger partial charge >= 0.3 is 5.97 Å². The third-order valence-electron chi connectivity index (χ3n) is 8.28. The van der Waals surface area contributed by atoms with Crippen LogP contribution in [0.25, 0.3) is 11.3 Å². The SMILES string of the molecule is [2H]C([2H])(c1ccc(-c2ccccn2)cc1)N(C[C@H](O)[C@@H](CC(=O)[C@@H](NC(C)=O)C(C)(C([2H])([2H])[2H])C([2H])([2H])[2H])Cc1ccccc1)NC(=O)[C@@H](CC(=O)OC)C(C)(C)C. The van der Waals surface area contributed by atoms with Gasteiger partial charge in [-0.15, -0.1) is 0 Å². The normalized spacial score (nSPS) is 17.4. The highest BCUT2D eigenvalue weighted by Gasteiger charge is 2.37. The Morgan fingerprint density at radius 2 is 1.58 bits per heavy atom. The van der Waals surface area contributed by atoms with Crippen molar-refractivity contribution in [2.45, 2.75) is 86.2 Å². The van der Waals surface area contributed by atoms with Crippen molar-refractivity contribution >= 4 is 23.6 Å². The van der Waals surface area contributed by atoms with Gasteiger partial charge in [0.05, 0.1) is 40.0 Å². The maximum Gasteiger partial charge on any atom is 0.306 e. The molecular formula is C40H54N4O6. The fourth-order valence-electron chi connectivity index (χ4n) is 5.50. The van der Waals surface area contributed by atoms with Gasteiger partial charge in [0.2, 0.25) is 11.8 Å². The predicted octanol–water partition coefficient (Wildman–Crippen LogP) is 5.54. The molecule has 270 valence electrons. The summed E-state index contributed by atoms with van der Waals surface area (Å²) >= 11 is 0. The largest absolute Gasteiger partial charge is 0.469 e. The number of nitrogens with one attached hydrogen (secondary N) is 2. The average Bonchev–Trinajstić information content (AvgIpc) is 3.14. The van der Waals surface area contributed by atoms with Crippen molar-refractivity contribution in [2.24, 2.45) is 22.7 Å². The summed E-state index contributed by atoms with van der Waals surface area (Å²) < 4.78 is 72.5. The highest BCUT2D eigenvalue weighted by atomic mass is 16.5. The summed E-state index contributed by atoms with van der Waals surface area (Å²) in [6.07, 6.45) is -1.06. The Bertz CT molecular complexity index is 1840. The van der Waals surface area contributed by atoms with E-state index in [-0.39, 0.29) is 18.4 Å². The lowest BCUT2D eigenvalue weighted by molar-refractivity contribution is -0.148. The van der Waals surface area contributed by atoms with E-state index in [1.165, 1.54) is 19.2 Å². The summed E-state index contributed by atoms with van der Waals surface area (Å²) in [5.41, 5.74) is 1.03. The van der Waals surface area contributed by atoms with Crippen molar-refractivity contribution in [1.82, 2.24) is 20.7 Å². The van der Waals surface area contributed by atoms with Gasteiger partial charge in [-0.05, 0) is 46.4 Å². The molecule has 3 aromatic rings. The number of Topliss-reactive ketones (excluding diaryl/α,β-unsaturated/α-hetero) is 1. The van der Waals surface area contributed by atoms with Crippen LogP contribution in [-0.4, -0.2) is 64.5 Å². The third kappa shape index (κ3) is 12.5. The highest BCUT2D eigenvalue weighted by molar-refractivity contribution is 5.89. The Morgan fingerprint density at radius 3 is 2.14 bits per heavy atom. The molecule has 0 radical (unpaired) electrons. The van der Waals surface area contributed by atoms with Crippen LogP contribution in [0, 0.1) is 22.7 Å². The molecule has 50 heavy (non-hydrogen) atoms. The maximum absolute atomic E-state index is 14.3. The van der Waals surface area contributed by atoms with Crippen LogP contribution >= 0.6 is 0 Å². The Morgan fingerprint density at radius 1 is 0.920 bits per heavy atom. The second kappa shape index (κ2) is 18.0. The second-order valence-electron chi connectivity index (χ2n) is 13.7. The number of pyridine rings is 1. The first-order chi connectivity index (χ1) is 26.7. The second-order valence-corrected chi connectivity index (χ2v) is 13.7. The zero-order chi connectivity index (χ0) is 43.9. The summed E-state index contributed by atoms with van der Waals surface area (Å²) in [5, 5.41) is 15.2. The van der Waals surface area contributed by atoms with Crippen molar-refractivity contribution in [2.75, 3.05) is 13.7 Å². The molecule has 2 amide bonds. The zero-order valence-corrected chi connectivity index (χ0v) is 29.5. The molecule has 1 heterocycles. The van der Waals surface area contributed by atoms with Crippen LogP contribution in [0.5, 0.6) is 0 Å². The van der Waals surface area contributed by atoms with Gasteiger partial charge < -0.3 is 15.2 Å². The quantitative estimate of drug-likeness (QED) is 0.131. The number of carbonyl (C=O) groups excluding carboxylic acids is 4. The first-order valence-electron chi connectivity index (χ1n) is 20.4. The van der Waals surface area contributed by atoms with Gasteiger partial charge in [-0.25, -0.2) is 5.01 Å². The molecule has 10 heteroatoms. The minimum absolute atomic E-state index is 0.0324. The molecule has 0 aliphatic rings.